The molecule has 3 atom stereocenters. The molecule has 30 nitrogen and oxygen atoms in total. The van der Waals surface area contributed by atoms with Gasteiger partial charge in [-0.3, -0.25) is 33.8 Å². The van der Waals surface area contributed by atoms with Crippen LogP contribution in [0.5, 0.6) is 28.9 Å². The summed E-state index contributed by atoms with van der Waals surface area (Å²) in [6.45, 7) is 23.6. The number of fused-ring (bicyclic) bond motifs is 1. The summed E-state index contributed by atoms with van der Waals surface area (Å²) in [6.07, 6.45) is 1.10. The number of ether oxygens (including phenoxy) is 9. The zero-order chi connectivity index (χ0) is 92.1. The maximum absolute atomic E-state index is 14.8. The number of primary amides is 1. The zero-order valence-electron chi connectivity index (χ0n) is 74.9. The Labute approximate surface area is 749 Å². The van der Waals surface area contributed by atoms with Gasteiger partial charge in [-0.05, 0) is 188 Å². The number of hydrogen-bond acceptors (Lipinski definition) is 24. The van der Waals surface area contributed by atoms with E-state index in [1.54, 1.807) is 170 Å². The van der Waals surface area contributed by atoms with Crippen LogP contribution in [-0.4, -0.2) is 216 Å². The third kappa shape index (κ3) is 28.7. The van der Waals surface area contributed by atoms with Crippen molar-refractivity contribution in [3.05, 3.63) is 190 Å². The fraction of sp³-hybridized carbons (Fsp3) is 0.426. The van der Waals surface area contributed by atoms with E-state index in [1.165, 1.54) is 39.6 Å². The minimum atomic E-state index is -1.33. The number of hydrogen-bond donors (Lipinski definition) is 5. The number of rotatable bonds is 39. The highest BCUT2D eigenvalue weighted by molar-refractivity contribution is 7.22. The summed E-state index contributed by atoms with van der Waals surface area (Å²) in [6, 6.07) is 35.9. The van der Waals surface area contributed by atoms with Crippen molar-refractivity contribution < 1.29 is 89.9 Å². The minimum absolute atomic E-state index is 0.00671. The number of nitrogens with two attached hydrogens (primary N) is 1. The van der Waals surface area contributed by atoms with Crippen LogP contribution in [-0.2, 0) is 80.4 Å². The van der Waals surface area contributed by atoms with Gasteiger partial charge in [0, 0.05) is 74.1 Å². The number of quaternary nitrogens is 1. The van der Waals surface area contributed by atoms with Crippen molar-refractivity contribution in [2.45, 2.75) is 164 Å². The smallest absolute Gasteiger partial charge is 0.408 e. The molecule has 0 spiro atoms. The highest BCUT2D eigenvalue weighted by Crippen LogP contribution is 2.50. The maximum Gasteiger partial charge on any atom is 0.408 e. The van der Waals surface area contributed by atoms with Crippen LogP contribution in [0.15, 0.2) is 146 Å². The second-order valence-electron chi connectivity index (χ2n) is 34.8. The number of anilines is 1. The van der Waals surface area contributed by atoms with Crippen LogP contribution in [0.2, 0.25) is 5.02 Å². The van der Waals surface area contributed by atoms with Crippen molar-refractivity contribution in [3.8, 4) is 61.8 Å². The first-order valence-electron chi connectivity index (χ1n) is 42.0. The standard InChI is InChI=1S/C94H115ClFN13O17S/c1-58(2)82(105-91(117)126-94(10,11)12)86(114)104-71(24-21-40-99-90(97)116)85(113)103-66-34-31-63(64(48-66)50-106(13)76(110)51-108(52-77(111)124-92(4,5)6)53-78(112)125-93(7,8)9)54-109(14)45-42-107(43-46-109)44-47-120-74-38-37-69(59(3)81(74)95)79-80-87(100-57-101-88(80)127-83(79)61-29-32-65(96)33-30-61)123-75(89(115)122-55-60-27-35-68(118-15)36-28-60)49-62-22-17-19-25-72(62)121-56-67-39-41-98-84(102-67)70-23-18-20-26-73(70)119-16/h17-20,22-23,25-39,41,48,57-58,71,75,82H,21,24,40,42-47,49-56H2,1-16H3,(H5-,97,99,103,104,105,113,114,116,117)/p+1/t71-,75+,82-/m0/s1. The lowest BCUT2D eigenvalue weighted by molar-refractivity contribution is -0.926. The number of piperazine rings is 1. The molecule has 1 aliphatic heterocycles. The Morgan fingerprint density at radius 2 is 1.37 bits per heavy atom. The van der Waals surface area contributed by atoms with Crippen molar-refractivity contribution in [1.82, 2.24) is 50.6 Å². The Hall–Kier alpha value is -12.1. The quantitative estimate of drug-likeness (QED) is 0.0103. The predicted molar refractivity (Wildman–Crippen MR) is 482 cm³/mol. The van der Waals surface area contributed by atoms with Gasteiger partial charge in [0.2, 0.25) is 29.7 Å². The molecule has 6 aromatic carbocycles. The minimum Gasteiger partial charge on any atom is -0.497 e. The summed E-state index contributed by atoms with van der Waals surface area (Å²) in [7, 11) is 6.91. The monoisotopic (exact) mass is 1780 g/mol. The number of carbonyl (C=O) groups excluding carboxylic acids is 8. The summed E-state index contributed by atoms with van der Waals surface area (Å²) < 4.78 is 69.2. The van der Waals surface area contributed by atoms with E-state index < -0.39 is 108 Å². The second-order valence-corrected chi connectivity index (χ2v) is 36.2. The lowest BCUT2D eigenvalue weighted by atomic mass is 9.96. The van der Waals surface area contributed by atoms with Gasteiger partial charge in [-0.25, -0.2) is 38.7 Å². The molecule has 1 saturated heterocycles. The largest absolute Gasteiger partial charge is 0.497 e. The lowest BCUT2D eigenvalue weighted by Crippen LogP contribution is -2.57. The SMILES string of the molecule is COc1ccc(COC(=O)[C@@H](Cc2ccccc2OCc2ccnc(-c3ccccc3OC)n2)Oc2ncnc3sc(-c4ccc(F)cc4)c(-c4ccc(OCCN5CC[N+](C)(Cc6ccc(NC(=O)[C@H](CCCNC(N)=O)NC(=O)[C@@H](NC(=O)OC(C)(C)C)C(C)C)cc6CN(C)C(=O)CN(CC(=O)OC(C)(C)C)CC(=O)OC(C)(C)C)CC5)c(Cl)c4C)c23)cc1. The number of halogens is 2. The summed E-state index contributed by atoms with van der Waals surface area (Å²) in [5.41, 5.74) is 9.83. The molecule has 0 radical (unpaired) electrons. The van der Waals surface area contributed by atoms with Crippen molar-refractivity contribution in [3.63, 3.8) is 0 Å². The van der Waals surface area contributed by atoms with Crippen LogP contribution in [0.4, 0.5) is 19.7 Å². The van der Waals surface area contributed by atoms with E-state index in [0.29, 0.717) is 149 Å². The van der Waals surface area contributed by atoms with E-state index in [9.17, 15) is 42.7 Å². The molecule has 33 heteroatoms. The molecule has 0 saturated carbocycles. The van der Waals surface area contributed by atoms with Crippen LogP contribution in [0, 0.1) is 18.7 Å². The average Bonchev–Trinajstić information content (AvgIpc) is 1.60. The molecule has 4 heterocycles. The number of thiophene rings is 1. The molecule has 3 aromatic heterocycles. The van der Waals surface area contributed by atoms with E-state index >= 15 is 0 Å². The summed E-state index contributed by atoms with van der Waals surface area (Å²) in [5.74, 6) is -1.92. The predicted octanol–water partition coefficient (Wildman–Crippen LogP) is 13.6. The normalized spacial score (nSPS) is 13.6. The van der Waals surface area contributed by atoms with Crippen molar-refractivity contribution in [2.75, 3.05) is 99.1 Å². The molecular weight excluding hydrogens is 1670 g/mol. The van der Waals surface area contributed by atoms with E-state index in [-0.39, 0.29) is 64.6 Å². The topological polar surface area (TPSA) is 355 Å². The van der Waals surface area contributed by atoms with Gasteiger partial charge in [0.15, 0.2) is 5.82 Å². The summed E-state index contributed by atoms with van der Waals surface area (Å²) in [5, 5.41) is 11.7. The number of alkyl carbamates (subject to hydrolysis) is 1. The van der Waals surface area contributed by atoms with Crippen molar-refractivity contribution >= 4 is 86.6 Å². The molecule has 9 aromatic rings. The number of nitrogens with one attached hydrogen (secondary N) is 4. The van der Waals surface area contributed by atoms with Gasteiger partial charge in [-0.1, -0.05) is 92.2 Å². The highest BCUT2D eigenvalue weighted by Gasteiger charge is 2.36. The highest BCUT2D eigenvalue weighted by atomic mass is 35.5. The molecule has 127 heavy (non-hydrogen) atoms. The molecule has 0 bridgehead atoms. The first-order chi connectivity index (χ1) is 60.2. The summed E-state index contributed by atoms with van der Waals surface area (Å²) >= 11 is 8.78. The van der Waals surface area contributed by atoms with Gasteiger partial charge < -0.3 is 79.0 Å². The van der Waals surface area contributed by atoms with Crippen molar-refractivity contribution in [2.24, 2.45) is 11.7 Å². The van der Waals surface area contributed by atoms with E-state index in [4.69, 9.17) is 74.9 Å². The Morgan fingerprint density at radius 1 is 0.701 bits per heavy atom. The van der Waals surface area contributed by atoms with Crippen LogP contribution in [0.25, 0.3) is 43.2 Å². The zero-order valence-corrected chi connectivity index (χ0v) is 76.5. The molecule has 6 N–H and O–H groups in total. The first kappa shape index (κ1) is 97.1. The van der Waals surface area contributed by atoms with Gasteiger partial charge in [-0.2, -0.15) is 0 Å². The Bertz CT molecular complexity index is 5310. The number of aromatic nitrogens is 4. The number of benzene rings is 6. The third-order valence-electron chi connectivity index (χ3n) is 20.6. The molecule has 1 fully saturated rings. The number of esters is 3. The number of carbonyl (C=O) groups is 8. The maximum atomic E-state index is 14.8. The van der Waals surface area contributed by atoms with E-state index in [0.717, 1.165) is 5.56 Å². The van der Waals surface area contributed by atoms with Crippen LogP contribution in [0.3, 0.4) is 0 Å². The number of nitrogens with zero attached hydrogens (tertiary/aromatic N) is 8. The molecule has 0 unspecified atom stereocenters. The van der Waals surface area contributed by atoms with Crippen LogP contribution < -0.4 is 50.7 Å². The fourth-order valence-electron chi connectivity index (χ4n) is 14.2. The van der Waals surface area contributed by atoms with Gasteiger partial charge in [0.25, 0.3) is 0 Å². The number of para-hydroxylation sites is 2. The fourth-order valence-corrected chi connectivity index (χ4v) is 15.6. The molecule has 10 rings (SSSR count). The van der Waals surface area contributed by atoms with Gasteiger partial charge in [0.1, 0.15) is 95.2 Å². The number of likely N-dealkylation sites (N-methyl/N-ethyl adjacent to an activating group) is 2. The van der Waals surface area contributed by atoms with Crippen LogP contribution in [0.1, 0.15) is 123 Å². The molecule has 6 amide bonds. The van der Waals surface area contributed by atoms with Crippen molar-refractivity contribution in [1.29, 1.82) is 0 Å². The number of methoxy groups -OCH3 is 2. The van der Waals surface area contributed by atoms with E-state index in [1.807, 2.05) is 61.5 Å². The molecule has 678 valence electrons. The second kappa shape index (κ2) is 43.9. The third-order valence-corrected chi connectivity index (χ3v) is 22.2. The number of amides is 6. The van der Waals surface area contributed by atoms with Crippen LogP contribution >= 0.6 is 22.9 Å². The average molecular weight is 1790 g/mol. The van der Waals surface area contributed by atoms with Gasteiger partial charge in [-0.15, -0.1) is 11.3 Å². The first-order valence-corrected chi connectivity index (χ1v) is 43.2. The molecule has 0 aliphatic carbocycles. The summed E-state index contributed by atoms with van der Waals surface area (Å²) in [4.78, 5) is 135. The Kier molecular flexibility index (Phi) is 33.5. The Morgan fingerprint density at radius 3 is 2.02 bits per heavy atom. The molecule has 1 aliphatic rings. The lowest BCUT2D eigenvalue weighted by Gasteiger charge is -2.42. The number of urea groups is 1. The van der Waals surface area contributed by atoms with Gasteiger partial charge in [0.05, 0.1) is 75.7 Å². The molecular formula is C94H116ClFN13O17S+. The van der Waals surface area contributed by atoms with Gasteiger partial charge >= 0.3 is 30.0 Å². The van der Waals surface area contributed by atoms with E-state index in [2.05, 4.69) is 38.2 Å². The Balaban J connectivity index is 0.881.